The Hall–Kier alpha value is -2.22. The van der Waals surface area contributed by atoms with Crippen LogP contribution in [0.5, 0.6) is 0 Å². The summed E-state index contributed by atoms with van der Waals surface area (Å²) in [5.74, 6) is -0.791. The molecular weight excluding hydrogens is 551 g/mol. The number of rotatable bonds is 20. The van der Waals surface area contributed by atoms with Crippen molar-refractivity contribution >= 4 is 26.5 Å². The first kappa shape index (κ1) is 30.3. The molecule has 38 heavy (non-hydrogen) atoms. The second-order valence-electron chi connectivity index (χ2n) is 8.93. The van der Waals surface area contributed by atoms with Crippen LogP contribution >= 0.6 is 0 Å². The van der Waals surface area contributed by atoms with E-state index in [-0.39, 0.29) is 28.4 Å². The van der Waals surface area contributed by atoms with Crippen molar-refractivity contribution in [2.75, 3.05) is 59.5 Å². The van der Waals surface area contributed by atoms with Gasteiger partial charge < -0.3 is 5.11 Å². The summed E-state index contributed by atoms with van der Waals surface area (Å²) in [6, 6.07) is 16.7. The van der Waals surface area contributed by atoms with Crippen LogP contribution < -0.4 is 0 Å². The van der Waals surface area contributed by atoms with E-state index >= 15 is 0 Å². The molecule has 1 aliphatic carbocycles. The van der Waals surface area contributed by atoms with Crippen molar-refractivity contribution in [1.29, 1.82) is 0 Å². The first-order chi connectivity index (χ1) is 18.6. The van der Waals surface area contributed by atoms with Crippen LogP contribution in [0.4, 0.5) is 4.79 Å². The van der Waals surface area contributed by atoms with Crippen LogP contribution in [0.2, 0.25) is 4.71 Å². The van der Waals surface area contributed by atoms with Gasteiger partial charge in [0.15, 0.2) is 0 Å². The van der Waals surface area contributed by atoms with E-state index in [1.807, 2.05) is 24.3 Å². The predicted octanol–water partition coefficient (Wildman–Crippen LogP) is 4.77. The number of hydrogen-bond acceptors (Lipinski definition) is 7. The summed E-state index contributed by atoms with van der Waals surface area (Å²) in [7, 11) is 0. The molecule has 0 amide bonds. The molecule has 1 atom stereocenters. The van der Waals surface area contributed by atoms with Crippen LogP contribution in [0.1, 0.15) is 43.2 Å². The summed E-state index contributed by atoms with van der Waals surface area (Å²) in [6.45, 7) is 5.77. The van der Waals surface area contributed by atoms with Gasteiger partial charge in [0, 0.05) is 0 Å². The molecule has 0 spiro atoms. The molecule has 1 unspecified atom stereocenters. The average molecular weight is 590 g/mol. The Morgan fingerprint density at radius 3 is 1.89 bits per heavy atom. The zero-order valence-electron chi connectivity index (χ0n) is 22.0. The fourth-order valence-corrected chi connectivity index (χ4v) is 6.47. The molecule has 1 radical (unpaired) electrons. The molecule has 0 saturated heterocycles. The summed E-state index contributed by atoms with van der Waals surface area (Å²) in [4.78, 5) is 23.1. The molecule has 2 aromatic carbocycles. The van der Waals surface area contributed by atoms with Crippen LogP contribution in [0, 0.1) is 0 Å². The molecule has 207 valence electrons. The molecule has 0 heterocycles. The van der Waals surface area contributed by atoms with Crippen molar-refractivity contribution in [3.05, 3.63) is 59.7 Å². The fourth-order valence-electron chi connectivity index (χ4n) is 4.34. The van der Waals surface area contributed by atoms with E-state index in [0.29, 0.717) is 52.9 Å². The Kier molecular flexibility index (Phi) is 13.9. The molecule has 0 aliphatic heterocycles. The first-order valence-electron chi connectivity index (χ1n) is 13.2. The van der Waals surface area contributed by atoms with Crippen molar-refractivity contribution in [3.8, 4) is 11.1 Å². The summed E-state index contributed by atoms with van der Waals surface area (Å²) in [6.07, 6.45) is 1.93. The number of fused-ring (bicyclic) bond motifs is 3. The Bertz CT molecular complexity index is 953. The maximum absolute atomic E-state index is 12.7. The number of aliphatic carboxylic acids is 1. The van der Waals surface area contributed by atoms with Gasteiger partial charge in [-0.1, -0.05) is 0 Å². The monoisotopic (exact) mass is 589 g/mol. The van der Waals surface area contributed by atoms with E-state index in [1.54, 1.807) is 0 Å². The fraction of sp³-hybridized carbons (Fsp3) is 0.517. The van der Waals surface area contributed by atoms with Crippen LogP contribution in [-0.2, 0) is 28.5 Å². The van der Waals surface area contributed by atoms with Gasteiger partial charge in [-0.05, 0) is 0 Å². The third-order valence-corrected chi connectivity index (χ3v) is 8.47. The van der Waals surface area contributed by atoms with Gasteiger partial charge in [-0.25, -0.2) is 0 Å². The Labute approximate surface area is 231 Å². The zero-order chi connectivity index (χ0) is 27.0. The molecule has 0 aromatic heterocycles. The van der Waals surface area contributed by atoms with Crippen molar-refractivity contribution in [3.63, 3.8) is 0 Å². The standard InChI is InChI=1S/C29H38AsO8/c1-2-7-22(20-37-19-18-36-17-16-35-15-14-34-13-12-28(31)32)30-29(33)38-21-27-25-10-5-3-8-23(25)24-9-4-6-11-26(24)27/h3-6,8-11,22,27H,2,7,12-21H2,1H3,(H,31,32). The second-order valence-corrected chi connectivity index (χ2v) is 11.8. The molecule has 0 bridgehead atoms. The average Bonchev–Trinajstić information content (AvgIpc) is 3.23. The number of ether oxygens (including phenoxy) is 5. The van der Waals surface area contributed by atoms with Crippen molar-refractivity contribution in [2.24, 2.45) is 0 Å². The molecule has 9 heteroatoms. The summed E-state index contributed by atoms with van der Waals surface area (Å²) >= 11 is -0.636. The van der Waals surface area contributed by atoms with E-state index < -0.39 is 21.7 Å². The number of carbonyl (C=O) groups excluding carboxylic acids is 1. The zero-order valence-corrected chi connectivity index (χ0v) is 23.9. The van der Waals surface area contributed by atoms with Gasteiger partial charge in [-0.15, -0.1) is 0 Å². The van der Waals surface area contributed by atoms with Gasteiger partial charge in [-0.3, -0.25) is 4.79 Å². The van der Waals surface area contributed by atoms with Crippen molar-refractivity contribution in [1.82, 2.24) is 0 Å². The minimum atomic E-state index is -0.874. The van der Waals surface area contributed by atoms with Gasteiger partial charge in [0.2, 0.25) is 0 Å². The van der Waals surface area contributed by atoms with Gasteiger partial charge >= 0.3 is 209 Å². The van der Waals surface area contributed by atoms with Crippen molar-refractivity contribution < 1.29 is 38.4 Å². The molecule has 3 rings (SSSR count). The Balaban J connectivity index is 1.27. The summed E-state index contributed by atoms with van der Waals surface area (Å²) < 4.78 is 27.8. The summed E-state index contributed by atoms with van der Waals surface area (Å²) in [5, 5.41) is 8.53. The molecule has 1 N–H and O–H groups in total. The van der Waals surface area contributed by atoms with Gasteiger partial charge in [0.05, 0.1) is 13.0 Å². The number of carboxylic acids is 1. The Morgan fingerprint density at radius 2 is 1.34 bits per heavy atom. The van der Waals surface area contributed by atoms with E-state index in [2.05, 4.69) is 31.2 Å². The summed E-state index contributed by atoms with van der Waals surface area (Å²) in [5.41, 5.74) is 4.90. The minimum absolute atomic E-state index is 0.00437. The van der Waals surface area contributed by atoms with E-state index in [1.165, 1.54) is 22.3 Å². The third-order valence-electron chi connectivity index (χ3n) is 6.13. The maximum atomic E-state index is 12.7. The van der Waals surface area contributed by atoms with E-state index in [4.69, 9.17) is 28.8 Å². The van der Waals surface area contributed by atoms with Crippen LogP contribution in [0.15, 0.2) is 48.5 Å². The van der Waals surface area contributed by atoms with Crippen LogP contribution in [0.25, 0.3) is 11.1 Å². The number of carbonyl (C=O) groups is 2. The first-order valence-corrected chi connectivity index (χ1v) is 15.2. The molecule has 8 nitrogen and oxygen atoms in total. The normalized spacial score (nSPS) is 13.5. The van der Waals surface area contributed by atoms with Gasteiger partial charge in [-0.2, -0.15) is 0 Å². The van der Waals surface area contributed by atoms with Gasteiger partial charge in [0.25, 0.3) is 0 Å². The topological polar surface area (TPSA) is 101 Å². The quantitative estimate of drug-likeness (QED) is 0.174. The van der Waals surface area contributed by atoms with Crippen LogP contribution in [-0.4, -0.2) is 91.0 Å². The van der Waals surface area contributed by atoms with E-state index in [9.17, 15) is 9.59 Å². The van der Waals surface area contributed by atoms with E-state index in [0.717, 1.165) is 12.8 Å². The molecule has 1 aliphatic rings. The number of benzene rings is 2. The van der Waals surface area contributed by atoms with Gasteiger partial charge in [0.1, 0.15) is 0 Å². The number of carboxylic acid groups (broad SMARTS) is 1. The van der Waals surface area contributed by atoms with Crippen LogP contribution in [0.3, 0.4) is 0 Å². The second kappa shape index (κ2) is 17.4. The van der Waals surface area contributed by atoms with Crippen molar-refractivity contribution in [2.45, 2.75) is 36.8 Å². The molecular formula is C29H38AsO8. The molecule has 0 saturated carbocycles. The predicted molar refractivity (Wildman–Crippen MR) is 145 cm³/mol. The SMILES string of the molecule is CCCC(COCCOCCOCCOCCC(=O)O)[As]C(=O)OCC1c2ccccc2-c2ccccc21. The molecule has 2 aromatic rings. The number of hydrogen-bond donors (Lipinski definition) is 1. The molecule has 0 fully saturated rings. The third kappa shape index (κ3) is 10.2. The Morgan fingerprint density at radius 1 is 0.816 bits per heavy atom.